The summed E-state index contributed by atoms with van der Waals surface area (Å²) in [5.41, 5.74) is 4.26. The Morgan fingerprint density at radius 2 is 2.12 bits per heavy atom. The van der Waals surface area contributed by atoms with Crippen LogP contribution in [0.1, 0.15) is 23.1 Å². The van der Waals surface area contributed by atoms with Crippen LogP contribution in [0.15, 0.2) is 65.8 Å². The number of aromatic nitrogens is 2. The molecule has 0 aliphatic carbocycles. The minimum atomic E-state index is -0.467. The molecule has 2 aromatic carbocycles. The standard InChI is InChI=1S/C26H24N4O2S/c1-18-8-9-24(19(2)14-18)32-12-5-11-30-17-21(22-6-3-4-7-23(22)30)15-20(16-27)25(31)29-26-28-10-13-33-26/h3-4,6-10,13-15,17H,5,11-12H2,1-2H3,(H,28,29,31)/b20-15-. The highest BCUT2D eigenvalue weighted by Crippen LogP contribution is 2.25. The average Bonchev–Trinajstić information content (AvgIpc) is 3.44. The fraction of sp³-hybridized carbons (Fsp3) is 0.192. The molecule has 0 saturated carbocycles. The van der Waals surface area contributed by atoms with E-state index in [9.17, 15) is 10.1 Å². The van der Waals surface area contributed by atoms with E-state index in [1.807, 2.05) is 42.6 Å². The molecule has 6 nitrogen and oxygen atoms in total. The molecule has 0 spiro atoms. The summed E-state index contributed by atoms with van der Waals surface area (Å²) in [7, 11) is 0. The zero-order valence-electron chi connectivity index (χ0n) is 18.5. The molecule has 0 fully saturated rings. The second-order valence-electron chi connectivity index (χ2n) is 7.73. The highest BCUT2D eigenvalue weighted by atomic mass is 32.1. The Balaban J connectivity index is 1.49. The molecule has 0 bridgehead atoms. The third-order valence-electron chi connectivity index (χ3n) is 5.27. The number of amides is 1. The van der Waals surface area contributed by atoms with Gasteiger partial charge >= 0.3 is 0 Å². The summed E-state index contributed by atoms with van der Waals surface area (Å²) in [6.07, 6.45) is 6.04. The first-order valence-corrected chi connectivity index (χ1v) is 11.5. The van der Waals surface area contributed by atoms with Crippen molar-refractivity contribution in [3.63, 3.8) is 0 Å². The van der Waals surface area contributed by atoms with Crippen molar-refractivity contribution in [1.82, 2.24) is 9.55 Å². The number of aryl methyl sites for hydroxylation is 3. The van der Waals surface area contributed by atoms with Crippen LogP contribution in [0.2, 0.25) is 0 Å². The van der Waals surface area contributed by atoms with E-state index in [4.69, 9.17) is 4.74 Å². The van der Waals surface area contributed by atoms with Gasteiger partial charge in [0.15, 0.2) is 5.13 Å². The van der Waals surface area contributed by atoms with E-state index >= 15 is 0 Å². The van der Waals surface area contributed by atoms with E-state index in [-0.39, 0.29) is 5.57 Å². The van der Waals surface area contributed by atoms with Gasteiger partial charge in [0.2, 0.25) is 0 Å². The summed E-state index contributed by atoms with van der Waals surface area (Å²) in [4.78, 5) is 16.6. The van der Waals surface area contributed by atoms with E-state index < -0.39 is 5.91 Å². The van der Waals surface area contributed by atoms with E-state index in [2.05, 4.69) is 40.8 Å². The minimum Gasteiger partial charge on any atom is -0.493 e. The molecule has 166 valence electrons. The van der Waals surface area contributed by atoms with Crippen LogP contribution in [-0.2, 0) is 11.3 Å². The van der Waals surface area contributed by atoms with Gasteiger partial charge in [-0.2, -0.15) is 5.26 Å². The van der Waals surface area contributed by atoms with Crippen LogP contribution in [0.3, 0.4) is 0 Å². The minimum absolute atomic E-state index is 0.0336. The van der Waals surface area contributed by atoms with Crippen molar-refractivity contribution >= 4 is 39.4 Å². The van der Waals surface area contributed by atoms with Crippen LogP contribution in [0.4, 0.5) is 5.13 Å². The van der Waals surface area contributed by atoms with Crippen molar-refractivity contribution in [2.24, 2.45) is 0 Å². The first-order valence-electron chi connectivity index (χ1n) is 10.7. The van der Waals surface area contributed by atoms with Gasteiger partial charge in [0.25, 0.3) is 5.91 Å². The number of fused-ring (bicyclic) bond motifs is 1. The molecule has 0 aliphatic rings. The normalized spacial score (nSPS) is 11.4. The predicted octanol–water partition coefficient (Wildman–Crippen LogP) is 5.73. The van der Waals surface area contributed by atoms with Crippen molar-refractivity contribution in [3.05, 3.63) is 82.5 Å². The van der Waals surface area contributed by atoms with Gasteiger partial charge in [-0.25, -0.2) is 4.98 Å². The Bertz CT molecular complexity index is 1350. The third-order valence-corrected chi connectivity index (χ3v) is 5.96. The average molecular weight is 457 g/mol. The lowest BCUT2D eigenvalue weighted by atomic mass is 10.1. The van der Waals surface area contributed by atoms with Crippen LogP contribution in [0.5, 0.6) is 5.75 Å². The zero-order valence-corrected chi connectivity index (χ0v) is 19.4. The van der Waals surface area contributed by atoms with Gasteiger partial charge < -0.3 is 9.30 Å². The van der Waals surface area contributed by atoms with Crippen LogP contribution in [-0.4, -0.2) is 22.1 Å². The fourth-order valence-corrected chi connectivity index (χ4v) is 4.23. The SMILES string of the molecule is Cc1ccc(OCCCn2cc(/C=C(/C#N)C(=O)Nc3nccs3)c3ccccc32)c(C)c1. The summed E-state index contributed by atoms with van der Waals surface area (Å²) in [6.45, 7) is 5.48. The molecule has 0 saturated heterocycles. The molecule has 2 aromatic heterocycles. The summed E-state index contributed by atoms with van der Waals surface area (Å²) >= 11 is 1.31. The van der Waals surface area contributed by atoms with E-state index in [1.54, 1.807) is 17.7 Å². The first-order chi connectivity index (χ1) is 16.0. The maximum atomic E-state index is 12.5. The highest BCUT2D eigenvalue weighted by molar-refractivity contribution is 7.13. The monoisotopic (exact) mass is 456 g/mol. The third kappa shape index (κ3) is 5.30. The van der Waals surface area contributed by atoms with Gasteiger partial charge in [0, 0.05) is 40.8 Å². The van der Waals surface area contributed by atoms with Crippen LogP contribution >= 0.6 is 11.3 Å². The van der Waals surface area contributed by atoms with Gasteiger partial charge in [0.05, 0.1) is 6.61 Å². The maximum absolute atomic E-state index is 12.5. The molecule has 4 aromatic rings. The highest BCUT2D eigenvalue weighted by Gasteiger charge is 2.13. The molecule has 2 heterocycles. The van der Waals surface area contributed by atoms with Crippen molar-refractivity contribution in [2.75, 3.05) is 11.9 Å². The molecule has 0 aliphatic heterocycles. The number of hydrogen-bond donors (Lipinski definition) is 1. The largest absolute Gasteiger partial charge is 0.493 e. The second-order valence-corrected chi connectivity index (χ2v) is 8.62. The van der Waals surface area contributed by atoms with Crippen molar-refractivity contribution < 1.29 is 9.53 Å². The number of carbonyl (C=O) groups is 1. The number of anilines is 1. The fourth-order valence-electron chi connectivity index (χ4n) is 3.71. The lowest BCUT2D eigenvalue weighted by molar-refractivity contribution is -0.112. The summed E-state index contributed by atoms with van der Waals surface area (Å²) < 4.78 is 8.11. The molecule has 33 heavy (non-hydrogen) atoms. The Hall–Kier alpha value is -3.89. The van der Waals surface area contributed by atoms with Crippen LogP contribution in [0, 0.1) is 25.2 Å². The maximum Gasteiger partial charge on any atom is 0.268 e. The number of rotatable bonds is 8. The predicted molar refractivity (Wildman–Crippen MR) is 132 cm³/mol. The molecular formula is C26H24N4O2S. The van der Waals surface area contributed by atoms with Gasteiger partial charge in [-0.15, -0.1) is 11.3 Å². The quantitative estimate of drug-likeness (QED) is 0.209. The summed E-state index contributed by atoms with van der Waals surface area (Å²) in [5, 5.41) is 15.5. The number of hydrogen-bond acceptors (Lipinski definition) is 5. The second kappa shape index (κ2) is 10.2. The number of benzene rings is 2. The van der Waals surface area contributed by atoms with Gasteiger partial charge in [-0.3, -0.25) is 10.1 Å². The lowest BCUT2D eigenvalue weighted by Gasteiger charge is -2.10. The number of nitriles is 1. The number of nitrogens with zero attached hydrogens (tertiary/aromatic N) is 3. The molecular weight excluding hydrogens is 432 g/mol. The number of thiazole rings is 1. The van der Waals surface area contributed by atoms with E-state index in [1.165, 1.54) is 16.9 Å². The van der Waals surface area contributed by atoms with Crippen molar-refractivity contribution in [1.29, 1.82) is 5.26 Å². The van der Waals surface area contributed by atoms with Gasteiger partial charge in [-0.1, -0.05) is 35.9 Å². The Kier molecular flexibility index (Phi) is 6.86. The molecule has 7 heteroatoms. The first kappa shape index (κ1) is 22.3. The number of ether oxygens (including phenoxy) is 1. The zero-order chi connectivity index (χ0) is 23.2. The topological polar surface area (TPSA) is 79.9 Å². The van der Waals surface area contributed by atoms with Crippen LogP contribution in [0.25, 0.3) is 17.0 Å². The number of nitrogens with one attached hydrogen (secondary N) is 1. The van der Waals surface area contributed by atoms with Crippen molar-refractivity contribution in [2.45, 2.75) is 26.8 Å². The lowest BCUT2D eigenvalue weighted by Crippen LogP contribution is -2.13. The van der Waals surface area contributed by atoms with E-state index in [0.29, 0.717) is 11.7 Å². The number of para-hydroxylation sites is 1. The van der Waals surface area contributed by atoms with Crippen molar-refractivity contribution in [3.8, 4) is 11.8 Å². The molecule has 0 radical (unpaired) electrons. The molecule has 1 N–H and O–H groups in total. The van der Waals surface area contributed by atoms with Gasteiger partial charge in [-0.05, 0) is 44.0 Å². The van der Waals surface area contributed by atoms with Crippen LogP contribution < -0.4 is 10.1 Å². The molecule has 0 atom stereocenters. The summed E-state index contributed by atoms with van der Waals surface area (Å²) in [5.74, 6) is 0.442. The molecule has 1 amide bonds. The molecule has 0 unspecified atom stereocenters. The Labute approximate surface area is 196 Å². The summed E-state index contributed by atoms with van der Waals surface area (Å²) in [6, 6.07) is 16.2. The Morgan fingerprint density at radius 3 is 2.88 bits per heavy atom. The van der Waals surface area contributed by atoms with Gasteiger partial charge in [0.1, 0.15) is 17.4 Å². The van der Waals surface area contributed by atoms with E-state index in [0.717, 1.165) is 40.7 Å². The number of carbonyl (C=O) groups excluding carboxylic acids is 1. The smallest absolute Gasteiger partial charge is 0.268 e. The molecule has 4 rings (SSSR count). The Morgan fingerprint density at radius 1 is 1.27 bits per heavy atom.